The number of hydrogen-bond acceptors (Lipinski definition) is 6. The highest BCUT2D eigenvalue weighted by molar-refractivity contribution is 5.90. The second-order valence-electron chi connectivity index (χ2n) is 7.71. The van der Waals surface area contributed by atoms with Gasteiger partial charge in [0.05, 0.1) is 21.6 Å². The zero-order chi connectivity index (χ0) is 21.0. The minimum atomic E-state index is -0.645. The molecule has 0 heterocycles. The number of rotatable bonds is 7. The maximum absolute atomic E-state index is 11.1. The van der Waals surface area contributed by atoms with Gasteiger partial charge >= 0.3 is 0 Å². The average molecular weight is 396 g/mol. The molecule has 29 heavy (non-hydrogen) atoms. The van der Waals surface area contributed by atoms with Gasteiger partial charge in [-0.05, 0) is 36.7 Å². The van der Waals surface area contributed by atoms with E-state index in [1.54, 1.807) is 0 Å². The van der Waals surface area contributed by atoms with Gasteiger partial charge in [-0.15, -0.1) is 0 Å². The second kappa shape index (κ2) is 8.81. The second-order valence-corrected chi connectivity index (χ2v) is 7.71. The van der Waals surface area contributed by atoms with Crippen LogP contribution in [-0.4, -0.2) is 15.6 Å². The third-order valence-electron chi connectivity index (χ3n) is 5.49. The minimum absolute atomic E-state index is 0.241. The summed E-state index contributed by atoms with van der Waals surface area (Å²) in [6, 6.07) is 13.7. The van der Waals surface area contributed by atoms with Crippen LogP contribution in [0.4, 0.5) is 17.1 Å². The fourth-order valence-corrected chi connectivity index (χ4v) is 4.03. The third-order valence-corrected chi connectivity index (χ3v) is 5.49. The Morgan fingerprint density at radius 3 is 2.24 bits per heavy atom. The molecule has 1 aliphatic rings. The van der Waals surface area contributed by atoms with E-state index in [-0.39, 0.29) is 23.0 Å². The number of hydrogen-bond donors (Lipinski definition) is 1. The normalized spacial score (nSPS) is 20.2. The molecule has 8 heteroatoms. The summed E-state index contributed by atoms with van der Waals surface area (Å²) >= 11 is 0. The van der Waals surface area contributed by atoms with Crippen molar-refractivity contribution in [3.63, 3.8) is 0 Å². The first-order valence-electron chi connectivity index (χ1n) is 9.65. The summed E-state index contributed by atoms with van der Waals surface area (Å²) in [5.74, 6) is 1.27. The summed E-state index contributed by atoms with van der Waals surface area (Å²) in [5, 5.41) is 26.7. The Morgan fingerprint density at radius 1 is 1.07 bits per heavy atom. The maximum Gasteiger partial charge on any atom is 0.278 e. The first-order valence-corrected chi connectivity index (χ1v) is 9.65. The van der Waals surface area contributed by atoms with Gasteiger partial charge in [-0.3, -0.25) is 25.7 Å². The number of hydrazone groups is 1. The Balaban J connectivity index is 1.86. The third kappa shape index (κ3) is 4.96. The smallest absolute Gasteiger partial charge is 0.278 e. The van der Waals surface area contributed by atoms with E-state index in [9.17, 15) is 20.2 Å². The molecule has 3 rings (SSSR count). The van der Waals surface area contributed by atoms with Crippen LogP contribution in [0.1, 0.15) is 32.3 Å². The SMILES string of the molecule is CC(C)C1CC/C(=N\Nc2cc([N+](=O)[O-])cc([N+](=O)[O-])c2)C1Cc1ccccc1. The Hall–Kier alpha value is -3.29. The molecular weight excluding hydrogens is 372 g/mol. The van der Waals surface area contributed by atoms with Gasteiger partial charge in [-0.1, -0.05) is 44.2 Å². The monoisotopic (exact) mass is 396 g/mol. The van der Waals surface area contributed by atoms with E-state index in [1.165, 1.54) is 17.7 Å². The summed E-state index contributed by atoms with van der Waals surface area (Å²) in [7, 11) is 0. The van der Waals surface area contributed by atoms with Crippen molar-refractivity contribution in [2.75, 3.05) is 5.43 Å². The fourth-order valence-electron chi connectivity index (χ4n) is 4.03. The largest absolute Gasteiger partial charge is 0.278 e. The van der Waals surface area contributed by atoms with Gasteiger partial charge in [0.2, 0.25) is 0 Å². The lowest BCUT2D eigenvalue weighted by Gasteiger charge is -2.23. The molecule has 1 aliphatic carbocycles. The number of nitrogens with zero attached hydrogens (tertiary/aromatic N) is 3. The molecule has 8 nitrogen and oxygen atoms in total. The summed E-state index contributed by atoms with van der Waals surface area (Å²) in [5.41, 5.74) is 4.64. The van der Waals surface area contributed by atoms with E-state index in [0.717, 1.165) is 31.0 Å². The molecule has 2 aromatic rings. The lowest BCUT2D eigenvalue weighted by atomic mass is 9.82. The van der Waals surface area contributed by atoms with E-state index in [0.29, 0.717) is 11.8 Å². The number of nitro groups is 2. The van der Waals surface area contributed by atoms with Gasteiger partial charge in [0.1, 0.15) is 0 Å². The molecule has 2 aromatic carbocycles. The highest BCUT2D eigenvalue weighted by Gasteiger charge is 2.35. The van der Waals surface area contributed by atoms with Crippen molar-refractivity contribution in [2.45, 2.75) is 33.1 Å². The maximum atomic E-state index is 11.1. The topological polar surface area (TPSA) is 111 Å². The van der Waals surface area contributed by atoms with Crippen LogP contribution in [0.3, 0.4) is 0 Å². The Bertz CT molecular complexity index is 895. The van der Waals surface area contributed by atoms with Crippen molar-refractivity contribution < 1.29 is 9.85 Å². The Morgan fingerprint density at radius 2 is 1.69 bits per heavy atom. The predicted molar refractivity (Wildman–Crippen MR) is 112 cm³/mol. The number of nitrogens with one attached hydrogen (secondary N) is 1. The molecule has 0 saturated heterocycles. The summed E-state index contributed by atoms with van der Waals surface area (Å²) in [6.07, 6.45) is 2.74. The molecule has 1 N–H and O–H groups in total. The molecule has 0 bridgehead atoms. The zero-order valence-corrected chi connectivity index (χ0v) is 16.4. The van der Waals surface area contributed by atoms with Crippen molar-refractivity contribution >= 4 is 22.8 Å². The quantitative estimate of drug-likeness (QED) is 0.511. The minimum Gasteiger partial charge on any atom is -0.278 e. The van der Waals surface area contributed by atoms with Crippen molar-refractivity contribution in [2.24, 2.45) is 22.9 Å². The van der Waals surface area contributed by atoms with Crippen molar-refractivity contribution in [3.8, 4) is 0 Å². The van der Waals surface area contributed by atoms with Gasteiger partial charge in [0.25, 0.3) is 11.4 Å². The van der Waals surface area contributed by atoms with E-state index >= 15 is 0 Å². The van der Waals surface area contributed by atoms with Crippen LogP contribution in [-0.2, 0) is 6.42 Å². The summed E-state index contributed by atoms with van der Waals surface area (Å²) in [4.78, 5) is 20.9. The van der Waals surface area contributed by atoms with Gasteiger partial charge < -0.3 is 0 Å². The number of non-ortho nitro benzene ring substituents is 2. The Kier molecular flexibility index (Phi) is 6.21. The molecule has 152 valence electrons. The molecule has 1 fully saturated rings. The van der Waals surface area contributed by atoms with E-state index < -0.39 is 9.85 Å². The van der Waals surface area contributed by atoms with Crippen LogP contribution in [0.15, 0.2) is 53.6 Å². The number of benzene rings is 2. The van der Waals surface area contributed by atoms with Gasteiger partial charge in [-0.2, -0.15) is 5.10 Å². The molecule has 0 amide bonds. The van der Waals surface area contributed by atoms with E-state index in [1.807, 2.05) is 18.2 Å². The van der Waals surface area contributed by atoms with Crippen LogP contribution < -0.4 is 5.43 Å². The molecule has 0 spiro atoms. The number of anilines is 1. The first kappa shape index (κ1) is 20.4. The summed E-state index contributed by atoms with van der Waals surface area (Å²) in [6.45, 7) is 4.42. The molecule has 0 radical (unpaired) electrons. The highest BCUT2D eigenvalue weighted by atomic mass is 16.6. The van der Waals surface area contributed by atoms with Crippen LogP contribution in [0.2, 0.25) is 0 Å². The van der Waals surface area contributed by atoms with Crippen LogP contribution in [0.5, 0.6) is 0 Å². The van der Waals surface area contributed by atoms with E-state index in [4.69, 9.17) is 0 Å². The predicted octanol–water partition coefficient (Wildman–Crippen LogP) is 5.20. The average Bonchev–Trinajstić information content (AvgIpc) is 3.09. The van der Waals surface area contributed by atoms with Crippen LogP contribution in [0, 0.1) is 38.0 Å². The molecule has 1 saturated carbocycles. The van der Waals surface area contributed by atoms with Crippen LogP contribution >= 0.6 is 0 Å². The summed E-state index contributed by atoms with van der Waals surface area (Å²) < 4.78 is 0. The van der Waals surface area contributed by atoms with Gasteiger partial charge in [0.15, 0.2) is 0 Å². The fraction of sp³-hybridized carbons (Fsp3) is 0.381. The molecule has 2 atom stereocenters. The highest BCUT2D eigenvalue weighted by Crippen LogP contribution is 2.37. The first-order chi connectivity index (χ1) is 13.8. The van der Waals surface area contributed by atoms with Crippen LogP contribution in [0.25, 0.3) is 0 Å². The van der Waals surface area contributed by atoms with E-state index in [2.05, 4.69) is 36.5 Å². The van der Waals surface area contributed by atoms with Gasteiger partial charge in [-0.25, -0.2) is 0 Å². The van der Waals surface area contributed by atoms with Crippen molar-refractivity contribution in [1.29, 1.82) is 0 Å². The van der Waals surface area contributed by atoms with Crippen molar-refractivity contribution in [3.05, 3.63) is 74.3 Å². The molecular formula is C21H24N4O4. The number of nitro benzene ring substituents is 2. The van der Waals surface area contributed by atoms with Crippen molar-refractivity contribution in [1.82, 2.24) is 0 Å². The standard InChI is InChI=1S/C21H24N4O4/c1-14(2)19-8-9-21(20(19)10-15-6-4-3-5-7-15)23-22-16-11-17(24(26)27)13-18(12-16)25(28)29/h3-7,11-14,19-20,22H,8-10H2,1-2H3/b23-21+. The van der Waals surface area contributed by atoms with Gasteiger partial charge in [0, 0.05) is 23.8 Å². The molecule has 0 aliphatic heterocycles. The molecule has 2 unspecified atom stereocenters. The Labute approximate surface area is 168 Å². The lowest BCUT2D eigenvalue weighted by Crippen LogP contribution is -2.22. The lowest BCUT2D eigenvalue weighted by molar-refractivity contribution is -0.394. The molecule has 0 aromatic heterocycles. The zero-order valence-electron chi connectivity index (χ0n) is 16.4.